The van der Waals surface area contributed by atoms with Crippen molar-refractivity contribution in [2.24, 2.45) is 0 Å². The van der Waals surface area contributed by atoms with Gasteiger partial charge in [0.05, 0.1) is 5.69 Å². The second-order valence-electron chi connectivity index (χ2n) is 4.44. The molecule has 1 aliphatic rings. The largest absolute Gasteiger partial charge is 0.476 e. The van der Waals surface area contributed by atoms with E-state index in [4.69, 9.17) is 16.7 Å². The van der Waals surface area contributed by atoms with Crippen LogP contribution in [0.4, 0.5) is 0 Å². The average molecular weight is 263 g/mol. The summed E-state index contributed by atoms with van der Waals surface area (Å²) in [5, 5.41) is 9.75. The minimum Gasteiger partial charge on any atom is -0.476 e. The lowest BCUT2D eigenvalue weighted by atomic mass is 10.2. The highest BCUT2D eigenvalue weighted by Gasteiger charge is 2.31. The molecule has 1 aromatic carbocycles. The van der Waals surface area contributed by atoms with Crippen molar-refractivity contribution in [1.29, 1.82) is 0 Å². The second kappa shape index (κ2) is 4.14. The molecule has 0 aliphatic heterocycles. The Morgan fingerprint density at radius 1 is 1.44 bits per heavy atom. The SMILES string of the molecule is O=C(O)c1nc(-c2cccc(Cl)c2)[nH]c1C1CC1. The molecule has 0 bridgehead atoms. The van der Waals surface area contributed by atoms with E-state index in [9.17, 15) is 4.79 Å². The van der Waals surface area contributed by atoms with Crippen LogP contribution in [0.25, 0.3) is 11.4 Å². The number of halogens is 1. The summed E-state index contributed by atoms with van der Waals surface area (Å²) in [6, 6.07) is 7.21. The van der Waals surface area contributed by atoms with Gasteiger partial charge in [0.15, 0.2) is 5.69 Å². The van der Waals surface area contributed by atoms with Crippen LogP contribution in [-0.4, -0.2) is 21.0 Å². The number of carboxylic acid groups (broad SMARTS) is 1. The third-order valence-corrected chi connectivity index (χ3v) is 3.25. The maximum absolute atomic E-state index is 11.2. The fourth-order valence-corrected chi connectivity index (χ4v) is 2.18. The Labute approximate surface area is 109 Å². The van der Waals surface area contributed by atoms with E-state index >= 15 is 0 Å². The summed E-state index contributed by atoms with van der Waals surface area (Å²) in [7, 11) is 0. The highest BCUT2D eigenvalue weighted by atomic mass is 35.5. The van der Waals surface area contributed by atoms with Crippen molar-refractivity contribution in [2.45, 2.75) is 18.8 Å². The van der Waals surface area contributed by atoms with Crippen molar-refractivity contribution < 1.29 is 9.90 Å². The third-order valence-electron chi connectivity index (χ3n) is 3.02. The summed E-state index contributed by atoms with van der Waals surface area (Å²) < 4.78 is 0. The lowest BCUT2D eigenvalue weighted by molar-refractivity contribution is 0.0690. The number of aromatic nitrogens is 2. The fourth-order valence-electron chi connectivity index (χ4n) is 1.99. The Kier molecular flexibility index (Phi) is 2.59. The summed E-state index contributed by atoms with van der Waals surface area (Å²) in [5.74, 6) is -0.102. The lowest BCUT2D eigenvalue weighted by Gasteiger charge is -1.96. The van der Waals surface area contributed by atoms with Crippen molar-refractivity contribution in [3.63, 3.8) is 0 Å². The quantitative estimate of drug-likeness (QED) is 0.892. The normalized spacial score (nSPS) is 14.7. The monoisotopic (exact) mass is 262 g/mol. The smallest absolute Gasteiger partial charge is 0.356 e. The first kappa shape index (κ1) is 11.3. The molecule has 1 aromatic heterocycles. The van der Waals surface area contributed by atoms with Crippen LogP contribution in [-0.2, 0) is 0 Å². The molecule has 92 valence electrons. The molecule has 0 atom stereocenters. The number of nitrogens with zero attached hydrogens (tertiary/aromatic N) is 1. The van der Waals surface area contributed by atoms with Crippen LogP contribution in [0, 0.1) is 0 Å². The third kappa shape index (κ3) is 1.99. The number of nitrogens with one attached hydrogen (secondary N) is 1. The fraction of sp³-hybridized carbons (Fsp3) is 0.231. The number of imidazole rings is 1. The standard InChI is InChI=1S/C13H11ClN2O2/c14-9-3-1-2-8(6-9)12-15-10(7-4-5-7)11(16-12)13(17)18/h1-3,6-7H,4-5H2,(H,15,16)(H,17,18). The molecule has 0 spiro atoms. The molecular weight excluding hydrogens is 252 g/mol. The van der Waals surface area contributed by atoms with Gasteiger partial charge in [0.2, 0.25) is 0 Å². The van der Waals surface area contributed by atoms with E-state index in [1.54, 1.807) is 12.1 Å². The van der Waals surface area contributed by atoms with Crippen molar-refractivity contribution >= 4 is 17.6 Å². The zero-order valence-corrected chi connectivity index (χ0v) is 10.2. The van der Waals surface area contributed by atoms with Gasteiger partial charge in [-0.25, -0.2) is 9.78 Å². The van der Waals surface area contributed by atoms with E-state index in [0.29, 0.717) is 16.8 Å². The second-order valence-corrected chi connectivity index (χ2v) is 4.87. The molecule has 0 saturated heterocycles. The zero-order chi connectivity index (χ0) is 12.7. The van der Waals surface area contributed by atoms with Gasteiger partial charge in [0.25, 0.3) is 0 Å². The molecular formula is C13H11ClN2O2. The van der Waals surface area contributed by atoms with E-state index < -0.39 is 5.97 Å². The Morgan fingerprint density at radius 3 is 2.83 bits per heavy atom. The first-order valence-electron chi connectivity index (χ1n) is 5.74. The van der Waals surface area contributed by atoms with Crippen LogP contribution in [0.3, 0.4) is 0 Å². The molecule has 18 heavy (non-hydrogen) atoms. The van der Waals surface area contributed by atoms with Crippen molar-refractivity contribution in [1.82, 2.24) is 9.97 Å². The molecule has 1 fully saturated rings. The van der Waals surface area contributed by atoms with Crippen LogP contribution < -0.4 is 0 Å². The highest BCUT2D eigenvalue weighted by molar-refractivity contribution is 6.30. The minimum atomic E-state index is -0.985. The summed E-state index contributed by atoms with van der Waals surface area (Å²) in [6.07, 6.45) is 2.05. The van der Waals surface area contributed by atoms with Crippen LogP contribution >= 0.6 is 11.6 Å². The van der Waals surface area contributed by atoms with Crippen LogP contribution in [0.5, 0.6) is 0 Å². The van der Waals surface area contributed by atoms with Crippen molar-refractivity contribution in [3.8, 4) is 11.4 Å². The summed E-state index contributed by atoms with van der Waals surface area (Å²) in [6.45, 7) is 0. The lowest BCUT2D eigenvalue weighted by Crippen LogP contribution is -2.00. The van der Waals surface area contributed by atoms with E-state index in [1.165, 1.54) is 0 Å². The molecule has 3 rings (SSSR count). The number of rotatable bonds is 3. The van der Waals surface area contributed by atoms with Crippen LogP contribution in [0.15, 0.2) is 24.3 Å². The predicted molar refractivity (Wildman–Crippen MR) is 68.0 cm³/mol. The molecule has 1 saturated carbocycles. The van der Waals surface area contributed by atoms with Gasteiger partial charge in [-0.2, -0.15) is 0 Å². The molecule has 1 heterocycles. The van der Waals surface area contributed by atoms with Crippen LogP contribution in [0.1, 0.15) is 34.9 Å². The topological polar surface area (TPSA) is 66.0 Å². The van der Waals surface area contributed by atoms with Gasteiger partial charge in [-0.15, -0.1) is 0 Å². The van der Waals surface area contributed by atoms with Gasteiger partial charge in [-0.1, -0.05) is 23.7 Å². The van der Waals surface area contributed by atoms with Gasteiger partial charge in [-0.05, 0) is 25.0 Å². The number of H-pyrrole nitrogens is 1. The Morgan fingerprint density at radius 2 is 2.22 bits per heavy atom. The maximum Gasteiger partial charge on any atom is 0.356 e. The summed E-state index contributed by atoms with van der Waals surface area (Å²) >= 11 is 5.92. The molecule has 1 aliphatic carbocycles. The van der Waals surface area contributed by atoms with Gasteiger partial charge < -0.3 is 10.1 Å². The molecule has 0 amide bonds. The maximum atomic E-state index is 11.2. The Balaban J connectivity index is 2.07. The van der Waals surface area contributed by atoms with Gasteiger partial charge >= 0.3 is 5.97 Å². The molecule has 2 N–H and O–H groups in total. The molecule has 0 unspecified atom stereocenters. The van der Waals surface area contributed by atoms with E-state index in [1.807, 2.05) is 12.1 Å². The molecule has 0 radical (unpaired) electrons. The van der Waals surface area contributed by atoms with Gasteiger partial charge in [0.1, 0.15) is 5.82 Å². The number of carboxylic acids is 1. The first-order chi connectivity index (χ1) is 8.65. The Hall–Kier alpha value is -1.81. The van der Waals surface area contributed by atoms with Gasteiger partial charge in [-0.3, -0.25) is 0 Å². The van der Waals surface area contributed by atoms with E-state index in [0.717, 1.165) is 24.1 Å². The number of hydrogen-bond acceptors (Lipinski definition) is 2. The summed E-state index contributed by atoms with van der Waals surface area (Å²) in [5.41, 5.74) is 1.67. The van der Waals surface area contributed by atoms with E-state index in [2.05, 4.69) is 9.97 Å². The Bertz CT molecular complexity index is 617. The van der Waals surface area contributed by atoms with Crippen molar-refractivity contribution in [3.05, 3.63) is 40.7 Å². The van der Waals surface area contributed by atoms with Gasteiger partial charge in [0, 0.05) is 16.5 Å². The predicted octanol–water partition coefficient (Wildman–Crippen LogP) is 3.31. The summed E-state index contributed by atoms with van der Waals surface area (Å²) in [4.78, 5) is 18.4. The first-order valence-corrected chi connectivity index (χ1v) is 6.12. The van der Waals surface area contributed by atoms with Crippen molar-refractivity contribution in [2.75, 3.05) is 0 Å². The van der Waals surface area contributed by atoms with Crippen LogP contribution in [0.2, 0.25) is 5.02 Å². The molecule has 5 heteroatoms. The highest BCUT2D eigenvalue weighted by Crippen LogP contribution is 2.41. The number of aromatic amines is 1. The average Bonchev–Trinajstić information content (AvgIpc) is 3.07. The number of hydrogen-bond donors (Lipinski definition) is 2. The number of aromatic carboxylic acids is 1. The number of carbonyl (C=O) groups is 1. The number of benzene rings is 1. The molecule has 2 aromatic rings. The van der Waals surface area contributed by atoms with E-state index in [-0.39, 0.29) is 5.69 Å². The zero-order valence-electron chi connectivity index (χ0n) is 9.48. The minimum absolute atomic E-state index is 0.132. The molecule has 4 nitrogen and oxygen atoms in total.